The molecule has 34 valence electrons. The standard InChI is InChI=1S/C4H3BIN/c6-4-3-7-2-1-5-4/h1-3H. The maximum atomic E-state index is 3.88. The van der Waals surface area contributed by atoms with E-state index in [-0.39, 0.29) is 0 Å². The third-order valence-electron chi connectivity index (χ3n) is 0.625. The molecular weight excluding hydrogens is 200 g/mol. The monoisotopic (exact) mass is 203 g/mol. The van der Waals surface area contributed by atoms with Gasteiger partial charge in [-0.15, -0.1) is 0 Å². The molecule has 0 spiro atoms. The Labute approximate surface area is 56.5 Å². The van der Waals surface area contributed by atoms with E-state index in [9.17, 15) is 0 Å². The average Bonchev–Trinajstić information content (AvgIpc) is 1.69. The van der Waals surface area contributed by atoms with Crippen molar-refractivity contribution in [2.75, 3.05) is 0 Å². The minimum atomic E-state index is 1.18. The summed E-state index contributed by atoms with van der Waals surface area (Å²) in [4.78, 5) is 3.88. The van der Waals surface area contributed by atoms with Gasteiger partial charge >= 0.3 is 56.3 Å². The van der Waals surface area contributed by atoms with Crippen molar-refractivity contribution in [3.05, 3.63) is 21.8 Å². The van der Waals surface area contributed by atoms with E-state index in [1.54, 1.807) is 6.20 Å². The fourth-order valence-corrected chi connectivity index (χ4v) is 0.710. The number of halogens is 1. The molecule has 0 saturated heterocycles. The van der Waals surface area contributed by atoms with Crippen LogP contribution in [0.25, 0.3) is 0 Å². The fourth-order valence-electron chi connectivity index (χ4n) is 0.342. The Morgan fingerprint density at radius 3 is 2.86 bits per heavy atom. The summed E-state index contributed by atoms with van der Waals surface area (Å²) in [6, 6.07) is 0. The van der Waals surface area contributed by atoms with Gasteiger partial charge in [0.25, 0.3) is 0 Å². The fraction of sp³-hybridized carbons (Fsp3) is 0. The van der Waals surface area contributed by atoms with Crippen molar-refractivity contribution < 1.29 is 0 Å². The van der Waals surface area contributed by atoms with Crippen LogP contribution in [0.15, 0.2) is 18.4 Å². The van der Waals surface area contributed by atoms with Crippen LogP contribution in [0, 0.1) is 3.47 Å². The van der Waals surface area contributed by atoms with Gasteiger partial charge in [0.05, 0.1) is 0 Å². The van der Waals surface area contributed by atoms with Gasteiger partial charge in [0.2, 0.25) is 0 Å². The molecule has 0 aliphatic rings. The van der Waals surface area contributed by atoms with Gasteiger partial charge in [0.15, 0.2) is 0 Å². The maximum absolute atomic E-state index is 3.88. The molecule has 0 aliphatic heterocycles. The Kier molecular flexibility index (Phi) is 1.79. The molecule has 0 aromatic carbocycles. The molecule has 0 fully saturated rings. The first-order valence-electron chi connectivity index (χ1n) is 1.95. The predicted octanol–water partition coefficient (Wildman–Crippen LogP) is 1.02. The Hall–Kier alpha value is 0.0749. The van der Waals surface area contributed by atoms with Crippen LogP contribution in [0.5, 0.6) is 0 Å². The van der Waals surface area contributed by atoms with Crippen molar-refractivity contribution in [3.8, 4) is 0 Å². The number of rotatable bonds is 0. The molecule has 1 aromatic heterocycles. The minimum absolute atomic E-state index is 1.18. The van der Waals surface area contributed by atoms with Crippen LogP contribution in [0.2, 0.25) is 0 Å². The normalized spacial score (nSPS) is 8.14. The topological polar surface area (TPSA) is 12.9 Å². The second-order valence-electron chi connectivity index (χ2n) is 1.17. The Morgan fingerprint density at radius 2 is 2.57 bits per heavy atom. The average molecular weight is 203 g/mol. The van der Waals surface area contributed by atoms with Gasteiger partial charge in [-0.1, -0.05) is 0 Å². The number of hydrogen-bond acceptors (Lipinski definition) is 1. The van der Waals surface area contributed by atoms with Crippen molar-refractivity contribution in [2.45, 2.75) is 0 Å². The molecule has 0 aliphatic carbocycles. The van der Waals surface area contributed by atoms with Gasteiger partial charge in [-0.25, -0.2) is 0 Å². The van der Waals surface area contributed by atoms with Gasteiger partial charge in [-0.3, -0.25) is 0 Å². The Morgan fingerprint density at radius 1 is 1.71 bits per heavy atom. The zero-order valence-electron chi connectivity index (χ0n) is 3.63. The predicted molar refractivity (Wildman–Crippen MR) is 38.3 cm³/mol. The van der Waals surface area contributed by atoms with Crippen molar-refractivity contribution in [2.24, 2.45) is 0 Å². The zero-order valence-corrected chi connectivity index (χ0v) is 5.79. The molecule has 1 rings (SSSR count). The van der Waals surface area contributed by atoms with Crippen LogP contribution in [0.4, 0.5) is 0 Å². The quantitative estimate of drug-likeness (QED) is 0.573. The molecule has 0 unspecified atom stereocenters. The van der Waals surface area contributed by atoms with Gasteiger partial charge in [-0.2, -0.15) is 0 Å². The first-order chi connectivity index (χ1) is 3.39. The summed E-state index contributed by atoms with van der Waals surface area (Å²) < 4.78 is 1.18. The van der Waals surface area contributed by atoms with Gasteiger partial charge < -0.3 is 0 Å². The van der Waals surface area contributed by atoms with Crippen molar-refractivity contribution in [3.63, 3.8) is 0 Å². The molecular formula is C4H3BIN. The molecule has 0 saturated carbocycles. The molecule has 0 N–H and O–H groups in total. The van der Waals surface area contributed by atoms with Gasteiger partial charge in [0, 0.05) is 0 Å². The van der Waals surface area contributed by atoms with E-state index in [2.05, 4.69) is 27.6 Å². The van der Waals surface area contributed by atoms with Crippen LogP contribution in [0.1, 0.15) is 0 Å². The van der Waals surface area contributed by atoms with Crippen molar-refractivity contribution in [1.29, 1.82) is 0 Å². The second-order valence-corrected chi connectivity index (χ2v) is 2.42. The van der Waals surface area contributed by atoms with E-state index in [4.69, 9.17) is 0 Å². The summed E-state index contributed by atoms with van der Waals surface area (Å²) in [5.74, 6) is 1.92. The molecule has 3 heteroatoms. The van der Waals surface area contributed by atoms with E-state index in [1.807, 2.05) is 19.1 Å². The van der Waals surface area contributed by atoms with Crippen LogP contribution < -0.4 is 0 Å². The van der Waals surface area contributed by atoms with E-state index >= 15 is 0 Å². The first-order valence-corrected chi connectivity index (χ1v) is 3.03. The van der Waals surface area contributed by atoms with Crippen LogP contribution >= 0.6 is 22.6 Å². The van der Waals surface area contributed by atoms with E-state index in [0.29, 0.717) is 0 Å². The van der Waals surface area contributed by atoms with E-state index in [1.165, 1.54) is 3.47 Å². The summed E-state index contributed by atoms with van der Waals surface area (Å²) in [7, 11) is 0. The molecule has 0 atom stereocenters. The Bertz CT molecular complexity index is 142. The number of hydrogen-bond donors (Lipinski definition) is 0. The van der Waals surface area contributed by atoms with Gasteiger partial charge in [0.1, 0.15) is 0 Å². The second kappa shape index (κ2) is 2.40. The summed E-state index contributed by atoms with van der Waals surface area (Å²) in [6.45, 7) is 2.01. The zero-order chi connectivity index (χ0) is 5.11. The van der Waals surface area contributed by atoms with E-state index in [0.717, 1.165) is 0 Å². The molecule has 1 aromatic rings. The van der Waals surface area contributed by atoms with Crippen molar-refractivity contribution >= 4 is 29.5 Å². The molecule has 1 nitrogen and oxygen atoms in total. The molecule has 0 bridgehead atoms. The summed E-state index contributed by atoms with van der Waals surface area (Å²) in [6.07, 6.45) is 3.59. The molecule has 1 heterocycles. The molecule has 7 heavy (non-hydrogen) atoms. The number of nitrogens with zero attached hydrogens (tertiary/aromatic N) is 1. The first kappa shape index (κ1) is 5.22. The van der Waals surface area contributed by atoms with Crippen LogP contribution in [-0.2, 0) is 0 Å². The molecule has 0 radical (unpaired) electrons. The van der Waals surface area contributed by atoms with Gasteiger partial charge in [-0.05, 0) is 0 Å². The number of aromatic nitrogens is 1. The van der Waals surface area contributed by atoms with Crippen molar-refractivity contribution in [1.82, 2.24) is 4.98 Å². The summed E-state index contributed by atoms with van der Waals surface area (Å²) >= 11 is 2.22. The SMILES string of the molecule is Ic1bccnc1. The molecule has 0 amide bonds. The third-order valence-corrected chi connectivity index (χ3v) is 1.26. The summed E-state index contributed by atoms with van der Waals surface area (Å²) in [5, 5.41) is 0. The van der Waals surface area contributed by atoms with Crippen LogP contribution in [-0.4, -0.2) is 11.9 Å². The Balaban J connectivity index is 3.02. The summed E-state index contributed by atoms with van der Waals surface area (Å²) in [5.41, 5.74) is 0. The van der Waals surface area contributed by atoms with E-state index < -0.39 is 0 Å². The van der Waals surface area contributed by atoms with Crippen LogP contribution in [0.3, 0.4) is 0 Å². The third kappa shape index (κ3) is 1.55.